The third kappa shape index (κ3) is 6.26. The average Bonchev–Trinajstić information content (AvgIpc) is 3.33. The zero-order valence-corrected chi connectivity index (χ0v) is 21.9. The van der Waals surface area contributed by atoms with E-state index in [1.807, 2.05) is 44.2 Å². The molecule has 4 rings (SSSR count). The number of hydrogen-bond donors (Lipinski definition) is 1. The molecule has 2 amide bonds. The minimum absolute atomic E-state index is 0.146. The van der Waals surface area contributed by atoms with E-state index in [1.54, 1.807) is 61.2 Å². The summed E-state index contributed by atoms with van der Waals surface area (Å²) in [6.07, 6.45) is 1.75. The number of hydrogen-bond acceptors (Lipinski definition) is 4. The van der Waals surface area contributed by atoms with Crippen LogP contribution in [0.4, 0.5) is 10.3 Å². The van der Waals surface area contributed by atoms with E-state index in [2.05, 4.69) is 10.3 Å². The van der Waals surface area contributed by atoms with Gasteiger partial charge in [-0.1, -0.05) is 50.2 Å². The van der Waals surface area contributed by atoms with Crippen molar-refractivity contribution in [2.45, 2.75) is 20.8 Å². The first-order chi connectivity index (χ1) is 18.2. The van der Waals surface area contributed by atoms with Crippen LogP contribution in [0.5, 0.6) is 5.75 Å². The third-order valence-electron chi connectivity index (χ3n) is 6.00. The lowest BCUT2D eigenvalue weighted by molar-refractivity contribution is -0.117. The van der Waals surface area contributed by atoms with Crippen LogP contribution in [0.1, 0.15) is 29.8 Å². The van der Waals surface area contributed by atoms with Crippen molar-refractivity contribution in [2.24, 2.45) is 5.92 Å². The van der Waals surface area contributed by atoms with Crippen molar-refractivity contribution in [1.82, 2.24) is 14.5 Å². The maximum Gasteiger partial charge on any atom is 0.254 e. The zero-order valence-electron chi connectivity index (χ0n) is 21.9. The summed E-state index contributed by atoms with van der Waals surface area (Å²) in [6, 6.07) is 21.1. The topological polar surface area (TPSA) is 76.5 Å². The summed E-state index contributed by atoms with van der Waals surface area (Å²) < 4.78 is 21.2. The van der Waals surface area contributed by atoms with Gasteiger partial charge in [0.25, 0.3) is 5.91 Å². The number of methoxy groups -OCH3 is 1. The number of anilines is 1. The second-order valence-electron chi connectivity index (χ2n) is 9.48. The molecule has 0 saturated heterocycles. The van der Waals surface area contributed by atoms with Crippen LogP contribution in [0.2, 0.25) is 0 Å². The second-order valence-corrected chi connectivity index (χ2v) is 9.48. The Bertz CT molecular complexity index is 1420. The van der Waals surface area contributed by atoms with Crippen LogP contribution in [0.15, 0.2) is 79.0 Å². The summed E-state index contributed by atoms with van der Waals surface area (Å²) in [4.78, 5) is 32.6. The number of nitrogens with zero attached hydrogens (tertiary/aromatic N) is 3. The van der Waals surface area contributed by atoms with Gasteiger partial charge in [-0.2, -0.15) is 0 Å². The molecular formula is C30H31FN4O3. The predicted octanol–water partition coefficient (Wildman–Crippen LogP) is 5.73. The molecule has 0 atom stereocenters. The minimum Gasteiger partial charge on any atom is -0.497 e. The summed E-state index contributed by atoms with van der Waals surface area (Å²) in [6.45, 7) is 5.88. The number of imidazole rings is 1. The lowest BCUT2D eigenvalue weighted by Gasteiger charge is -2.24. The first kappa shape index (κ1) is 26.6. The highest BCUT2D eigenvalue weighted by molar-refractivity contribution is 5.99. The maximum absolute atomic E-state index is 14.4. The summed E-state index contributed by atoms with van der Waals surface area (Å²) >= 11 is 0. The van der Waals surface area contributed by atoms with Gasteiger partial charge >= 0.3 is 0 Å². The molecule has 0 aliphatic heterocycles. The predicted molar refractivity (Wildman–Crippen MR) is 146 cm³/mol. The molecule has 0 saturated carbocycles. The fourth-order valence-corrected chi connectivity index (χ4v) is 4.06. The third-order valence-corrected chi connectivity index (χ3v) is 6.00. The smallest absolute Gasteiger partial charge is 0.254 e. The number of carbonyl (C=O) groups is 2. The molecule has 4 aromatic rings. The molecule has 0 aliphatic carbocycles. The molecule has 0 fully saturated rings. The van der Waals surface area contributed by atoms with Gasteiger partial charge in [0.15, 0.2) is 0 Å². The Kier molecular flexibility index (Phi) is 8.21. The summed E-state index contributed by atoms with van der Waals surface area (Å²) in [5, 5.41) is 2.84. The molecule has 1 N–H and O–H groups in total. The number of halogens is 1. The number of aryl methyl sites for hydroxylation is 1. The second kappa shape index (κ2) is 11.7. The molecule has 7 nitrogen and oxygen atoms in total. The van der Waals surface area contributed by atoms with Crippen molar-refractivity contribution in [3.63, 3.8) is 0 Å². The number of rotatable bonds is 9. The van der Waals surface area contributed by atoms with Gasteiger partial charge < -0.3 is 9.64 Å². The highest BCUT2D eigenvalue weighted by Crippen LogP contribution is 2.25. The number of carbonyl (C=O) groups excluding carboxylic acids is 2. The van der Waals surface area contributed by atoms with E-state index in [0.29, 0.717) is 34.8 Å². The van der Waals surface area contributed by atoms with E-state index in [-0.39, 0.29) is 30.1 Å². The van der Waals surface area contributed by atoms with Gasteiger partial charge in [-0.25, -0.2) is 9.37 Å². The van der Waals surface area contributed by atoms with Gasteiger partial charge in [0.1, 0.15) is 18.1 Å². The minimum atomic E-state index is -0.411. The van der Waals surface area contributed by atoms with Crippen molar-refractivity contribution >= 4 is 17.8 Å². The van der Waals surface area contributed by atoms with Crippen molar-refractivity contribution in [3.8, 4) is 22.7 Å². The zero-order chi connectivity index (χ0) is 27.2. The molecule has 0 aliphatic rings. The summed E-state index contributed by atoms with van der Waals surface area (Å²) in [5.74, 6) is -0.00563. The van der Waals surface area contributed by atoms with Gasteiger partial charge in [0.05, 0.1) is 18.5 Å². The summed E-state index contributed by atoms with van der Waals surface area (Å²) in [7, 11) is 1.56. The van der Waals surface area contributed by atoms with E-state index in [9.17, 15) is 14.0 Å². The van der Waals surface area contributed by atoms with Gasteiger partial charge in [0, 0.05) is 23.9 Å². The number of ether oxygens (including phenoxy) is 1. The Balaban J connectivity index is 1.61. The molecular weight excluding hydrogens is 483 g/mol. The molecule has 0 bridgehead atoms. The van der Waals surface area contributed by atoms with Crippen LogP contribution in [0, 0.1) is 18.7 Å². The fraction of sp³-hybridized carbons (Fsp3) is 0.233. The molecule has 0 radical (unpaired) electrons. The Morgan fingerprint density at radius 2 is 1.76 bits per heavy atom. The molecule has 0 unspecified atom stereocenters. The molecule has 1 aromatic heterocycles. The standard InChI is InChI=1S/C30H31FN4O3/c1-20(2)17-34(29(37)23-11-14-25(38-4)15-12-23)19-28(36)33-30-32-27(22-8-6-5-7-9-22)18-35(30)24-13-10-21(3)26(31)16-24/h5-16,18,20H,17,19H2,1-4H3,(H,32,33,36). The van der Waals surface area contributed by atoms with E-state index in [4.69, 9.17) is 4.74 Å². The number of nitrogens with one attached hydrogen (secondary N) is 1. The summed E-state index contributed by atoms with van der Waals surface area (Å²) in [5.41, 5.74) is 2.97. The van der Waals surface area contributed by atoms with Crippen molar-refractivity contribution in [3.05, 3.63) is 95.9 Å². The van der Waals surface area contributed by atoms with Gasteiger partial charge in [0.2, 0.25) is 11.9 Å². The SMILES string of the molecule is COc1ccc(C(=O)N(CC(=O)Nc2nc(-c3ccccc3)cn2-c2ccc(C)c(F)c2)CC(C)C)cc1. The first-order valence-corrected chi connectivity index (χ1v) is 12.4. The largest absolute Gasteiger partial charge is 0.497 e. The Hall–Kier alpha value is -4.46. The van der Waals surface area contributed by atoms with Crippen LogP contribution in [-0.4, -0.2) is 46.5 Å². The van der Waals surface area contributed by atoms with Crippen molar-refractivity contribution < 1.29 is 18.7 Å². The van der Waals surface area contributed by atoms with Gasteiger partial charge in [-0.05, 0) is 54.8 Å². The van der Waals surface area contributed by atoms with E-state index in [1.165, 1.54) is 11.0 Å². The molecule has 196 valence electrons. The molecule has 38 heavy (non-hydrogen) atoms. The normalized spacial score (nSPS) is 10.9. The first-order valence-electron chi connectivity index (χ1n) is 12.4. The van der Waals surface area contributed by atoms with Crippen molar-refractivity contribution in [2.75, 3.05) is 25.5 Å². The monoisotopic (exact) mass is 514 g/mol. The van der Waals surface area contributed by atoms with Crippen molar-refractivity contribution in [1.29, 1.82) is 0 Å². The highest BCUT2D eigenvalue weighted by atomic mass is 19.1. The Labute approximate surface area is 221 Å². The quantitative estimate of drug-likeness (QED) is 0.309. The highest BCUT2D eigenvalue weighted by Gasteiger charge is 2.22. The maximum atomic E-state index is 14.4. The lowest BCUT2D eigenvalue weighted by Crippen LogP contribution is -2.40. The Morgan fingerprint density at radius 3 is 2.39 bits per heavy atom. The van der Waals surface area contributed by atoms with E-state index in [0.717, 1.165) is 5.56 Å². The van der Waals surface area contributed by atoms with Crippen LogP contribution in [0.25, 0.3) is 16.9 Å². The van der Waals surface area contributed by atoms with Gasteiger partial charge in [-0.15, -0.1) is 0 Å². The van der Waals surface area contributed by atoms with Gasteiger partial charge in [-0.3, -0.25) is 19.5 Å². The van der Waals surface area contributed by atoms with Crippen LogP contribution < -0.4 is 10.1 Å². The number of aromatic nitrogens is 2. The van der Waals surface area contributed by atoms with Crippen LogP contribution in [-0.2, 0) is 4.79 Å². The molecule has 3 aromatic carbocycles. The lowest BCUT2D eigenvalue weighted by atomic mass is 10.1. The molecule has 1 heterocycles. The average molecular weight is 515 g/mol. The Morgan fingerprint density at radius 1 is 1.05 bits per heavy atom. The number of benzene rings is 3. The van der Waals surface area contributed by atoms with Crippen LogP contribution in [0.3, 0.4) is 0 Å². The molecule has 0 spiro atoms. The van der Waals surface area contributed by atoms with E-state index >= 15 is 0 Å². The van der Waals surface area contributed by atoms with Crippen LogP contribution >= 0.6 is 0 Å². The number of amides is 2. The fourth-order valence-electron chi connectivity index (χ4n) is 4.06. The molecule has 8 heteroatoms. The van der Waals surface area contributed by atoms with E-state index < -0.39 is 5.91 Å².